The first-order valence-electron chi connectivity index (χ1n) is 11.1. The average molecular weight is 489 g/mol. The molecule has 6 heteroatoms. The molecule has 4 aromatic carbocycles. The summed E-state index contributed by atoms with van der Waals surface area (Å²) in [4.78, 5) is 12.7. The molecule has 6 rings (SSSR count). The summed E-state index contributed by atoms with van der Waals surface area (Å²) < 4.78 is 0. The van der Waals surface area contributed by atoms with Gasteiger partial charge in [0.25, 0.3) is 0 Å². The van der Waals surface area contributed by atoms with Crippen LogP contribution in [0.1, 0.15) is 0 Å². The Morgan fingerprint density at radius 1 is 0.412 bits per heavy atom. The number of aryl methyl sites for hydroxylation is 4. The van der Waals surface area contributed by atoms with Gasteiger partial charge in [0.2, 0.25) is 0 Å². The van der Waals surface area contributed by atoms with Crippen molar-refractivity contribution in [2.45, 2.75) is 0 Å². The van der Waals surface area contributed by atoms with Crippen LogP contribution in [0.3, 0.4) is 0 Å². The molecule has 2 heterocycles. The van der Waals surface area contributed by atoms with Crippen LogP contribution in [0.15, 0.2) is 84.9 Å². The number of hydrogen-bond donors (Lipinski definition) is 0. The van der Waals surface area contributed by atoms with Crippen LogP contribution in [0.2, 0.25) is 0 Å². The average Bonchev–Trinajstić information content (AvgIpc) is 2.86. The summed E-state index contributed by atoms with van der Waals surface area (Å²) in [5.41, 5.74) is 0. The molecular weight excluding hydrogens is 463 g/mol. The van der Waals surface area contributed by atoms with Crippen LogP contribution in [-0.2, 0) is 26.2 Å². The summed E-state index contributed by atoms with van der Waals surface area (Å²) in [5.74, 6) is 0. The van der Waals surface area contributed by atoms with E-state index >= 15 is 0 Å². The van der Waals surface area contributed by atoms with E-state index in [1.807, 2.05) is 0 Å². The molecular formula is C28H26Li2Si4. The smallest absolute Gasteiger partial charge is 0.180 e. The van der Waals surface area contributed by atoms with Crippen LogP contribution in [0.5, 0.6) is 0 Å². The minimum Gasteiger partial charge on any atom is -0.180 e. The van der Waals surface area contributed by atoms with Gasteiger partial charge in [-0.15, -0.1) is 9.99 Å². The van der Waals surface area contributed by atoms with Crippen molar-refractivity contribution < 1.29 is 37.7 Å². The van der Waals surface area contributed by atoms with E-state index in [4.69, 9.17) is 0 Å². The van der Waals surface area contributed by atoms with Gasteiger partial charge in [-0.1, -0.05) is 84.7 Å². The fraction of sp³-hybridized carbons (Fsp3) is 0.143. The normalized spacial score (nSPS) is 10.5. The van der Waals surface area contributed by atoms with E-state index in [1.165, 1.54) is 9.99 Å². The fourth-order valence-corrected chi connectivity index (χ4v) is 17.1. The van der Waals surface area contributed by atoms with Gasteiger partial charge in [0.15, 0.2) is 0 Å². The maximum atomic E-state index is 3.48. The summed E-state index contributed by atoms with van der Waals surface area (Å²) in [6.45, 7) is 9.61. The molecule has 0 N–H and O–H groups in total. The Morgan fingerprint density at radius 3 is 1.06 bits per heavy atom. The third-order valence-electron chi connectivity index (χ3n) is 6.74. The Morgan fingerprint density at radius 2 is 0.706 bits per heavy atom. The van der Waals surface area contributed by atoms with Crippen LogP contribution in [0.25, 0.3) is 40.0 Å². The molecule has 0 nitrogen and oxygen atoms in total. The van der Waals surface area contributed by atoms with Crippen LogP contribution in [0, 0.1) is 12.1 Å². The fourth-order valence-electron chi connectivity index (χ4n) is 4.95. The Balaban J connectivity index is 0.000000180. The molecule has 2 aromatic heterocycles. The van der Waals surface area contributed by atoms with Gasteiger partial charge in [-0.25, -0.2) is 0 Å². The first-order valence-corrected chi connectivity index (χ1v) is 19.1. The van der Waals surface area contributed by atoms with E-state index in [-0.39, 0.29) is 37.7 Å². The van der Waals surface area contributed by atoms with Gasteiger partial charge in [0.05, 0.1) is 0 Å². The summed E-state index contributed by atoms with van der Waals surface area (Å²) in [6.07, 6.45) is 0. The molecule has 156 valence electrons. The summed E-state index contributed by atoms with van der Waals surface area (Å²) in [5, 5.41) is 0. The number of benzene rings is 4. The molecule has 0 saturated carbocycles. The van der Waals surface area contributed by atoms with Gasteiger partial charge in [-0.05, 0) is 26.8 Å². The largest absolute Gasteiger partial charge is 1.00 e. The maximum absolute atomic E-state index is 3.48. The van der Waals surface area contributed by atoms with Gasteiger partial charge in [0.1, 0.15) is 0 Å². The number of fused-ring (bicyclic) bond motifs is 4. The van der Waals surface area contributed by atoms with E-state index in [0.29, 0.717) is 0 Å². The van der Waals surface area contributed by atoms with Crippen molar-refractivity contribution in [2.24, 2.45) is 26.2 Å². The molecule has 0 fully saturated rings. The first-order chi connectivity index (χ1) is 15.6. The van der Waals surface area contributed by atoms with Gasteiger partial charge in [-0.3, -0.25) is 0 Å². The van der Waals surface area contributed by atoms with Crippen molar-refractivity contribution in [3.05, 3.63) is 97.1 Å². The topological polar surface area (TPSA) is 0 Å². The molecule has 0 aliphatic rings. The quantitative estimate of drug-likeness (QED) is 0.158. The standard InChI is InChI=1S/2C14H13Si2.2Li/c2*1-15-11-7-3-5-9-13(11)16(2)14-10-6-4-8-12(14)15;;/h2*3-9H,1-2H3;;/q2*-1;2*+1. The van der Waals surface area contributed by atoms with Crippen molar-refractivity contribution in [2.75, 3.05) is 0 Å². The molecule has 0 aliphatic heterocycles. The molecule has 34 heavy (non-hydrogen) atoms. The van der Waals surface area contributed by atoms with Gasteiger partial charge >= 0.3 is 37.7 Å². The van der Waals surface area contributed by atoms with Crippen molar-refractivity contribution in [1.29, 1.82) is 0 Å². The first kappa shape index (κ1) is 27.5. The second-order valence-corrected chi connectivity index (χ2v) is 17.7. The van der Waals surface area contributed by atoms with Crippen molar-refractivity contribution in [1.82, 2.24) is 0 Å². The van der Waals surface area contributed by atoms with Crippen LogP contribution >= 0.6 is 0 Å². The third-order valence-corrected chi connectivity index (χ3v) is 17.5. The summed E-state index contributed by atoms with van der Waals surface area (Å²) in [6, 6.07) is 38.0. The Bertz CT molecular complexity index is 1270. The van der Waals surface area contributed by atoms with Gasteiger partial charge in [-0.2, -0.15) is 58.5 Å². The predicted molar refractivity (Wildman–Crippen MR) is 148 cm³/mol. The van der Waals surface area contributed by atoms with E-state index in [0.717, 1.165) is 0 Å². The maximum Gasteiger partial charge on any atom is 1.00 e. The zero-order valence-electron chi connectivity index (χ0n) is 21.1. The van der Waals surface area contributed by atoms with Crippen molar-refractivity contribution in [3.63, 3.8) is 0 Å². The molecule has 0 bridgehead atoms. The second kappa shape index (κ2) is 11.8. The Labute approximate surface area is 232 Å². The zero-order chi connectivity index (χ0) is 22.2. The minimum absolute atomic E-state index is 0. The van der Waals surface area contributed by atoms with Crippen molar-refractivity contribution in [3.8, 4) is 0 Å². The molecule has 0 atom stereocenters. The summed E-state index contributed by atoms with van der Waals surface area (Å²) >= 11 is 0. The molecule has 0 saturated heterocycles. The van der Waals surface area contributed by atoms with E-state index < -0.39 is 33.6 Å². The van der Waals surface area contributed by atoms with Gasteiger partial charge in [0, 0.05) is 16.8 Å². The van der Waals surface area contributed by atoms with Crippen molar-refractivity contribution >= 4 is 73.6 Å². The molecule has 6 aromatic rings. The molecule has 0 spiro atoms. The summed E-state index contributed by atoms with van der Waals surface area (Å²) in [7, 11) is -2.23. The SMILES string of the molecule is C[si]1c2[c-]cccc2[si](C)c2ccccc21.C[si]1c2[c-]cccc2[si](C)c2ccccc21.[Li+].[Li+]. The van der Waals surface area contributed by atoms with E-state index in [9.17, 15) is 0 Å². The molecule has 0 unspecified atom stereocenters. The Hall–Kier alpha value is -1.06. The number of hydrogen-bond acceptors (Lipinski definition) is 0. The third kappa shape index (κ3) is 4.94. The predicted octanol–water partition coefficient (Wildman–Crippen LogP) is -0.155. The van der Waals surface area contributed by atoms with Crippen LogP contribution < -0.4 is 37.7 Å². The minimum atomic E-state index is -0.569. The monoisotopic (exact) mass is 488 g/mol. The molecule has 0 amide bonds. The molecule has 0 aliphatic carbocycles. The zero-order valence-corrected chi connectivity index (χ0v) is 25.1. The Kier molecular flexibility index (Phi) is 9.54. The number of rotatable bonds is 0. The second-order valence-electron chi connectivity index (χ2n) is 8.51. The van der Waals surface area contributed by atoms with E-state index in [2.05, 4.69) is 123 Å². The van der Waals surface area contributed by atoms with Gasteiger partial charge < -0.3 is 0 Å². The molecule has 0 radical (unpaired) electrons. The van der Waals surface area contributed by atoms with Crippen LogP contribution in [0.4, 0.5) is 0 Å². The van der Waals surface area contributed by atoms with Crippen LogP contribution in [-0.4, -0.2) is 33.6 Å². The van der Waals surface area contributed by atoms with E-state index in [1.54, 1.807) is 30.0 Å².